The third-order valence-corrected chi connectivity index (χ3v) is 4.97. The standard InChI is InChI=1S/C18H23BrN2O5/c1-2-26-18(25)17-16(19)15(14(21-17)5-6-20)11-4-3-10(7-22)12(8-23)13(11)9-24/h3-4,21-24H,2,5-9,20H2,1H3. The van der Waals surface area contributed by atoms with E-state index in [-0.39, 0.29) is 32.1 Å². The van der Waals surface area contributed by atoms with Gasteiger partial charge in [0, 0.05) is 17.7 Å². The molecule has 0 atom stereocenters. The van der Waals surface area contributed by atoms with Gasteiger partial charge >= 0.3 is 5.97 Å². The molecule has 142 valence electrons. The van der Waals surface area contributed by atoms with Gasteiger partial charge in [-0.3, -0.25) is 0 Å². The first kappa shape index (κ1) is 20.6. The molecule has 0 saturated heterocycles. The van der Waals surface area contributed by atoms with Gasteiger partial charge in [0.2, 0.25) is 0 Å². The quantitative estimate of drug-likeness (QED) is 0.407. The summed E-state index contributed by atoms with van der Waals surface area (Å²) in [4.78, 5) is 15.3. The van der Waals surface area contributed by atoms with E-state index >= 15 is 0 Å². The molecule has 26 heavy (non-hydrogen) atoms. The molecule has 1 aromatic heterocycles. The second-order valence-electron chi connectivity index (χ2n) is 5.63. The largest absolute Gasteiger partial charge is 0.461 e. The van der Waals surface area contributed by atoms with Gasteiger partial charge in [-0.2, -0.15) is 0 Å². The van der Waals surface area contributed by atoms with Crippen LogP contribution in [0.25, 0.3) is 11.1 Å². The summed E-state index contributed by atoms with van der Waals surface area (Å²) in [6.45, 7) is 1.43. The molecule has 0 unspecified atom stereocenters. The number of ether oxygens (including phenoxy) is 1. The van der Waals surface area contributed by atoms with Crippen LogP contribution in [0, 0.1) is 0 Å². The maximum atomic E-state index is 12.2. The number of aromatic amines is 1. The molecule has 1 aromatic carbocycles. The summed E-state index contributed by atoms with van der Waals surface area (Å²) in [6.07, 6.45) is 0.481. The second-order valence-corrected chi connectivity index (χ2v) is 6.42. The van der Waals surface area contributed by atoms with E-state index in [4.69, 9.17) is 10.5 Å². The Hall–Kier alpha value is -1.71. The normalized spacial score (nSPS) is 11.0. The molecular weight excluding hydrogens is 404 g/mol. The van der Waals surface area contributed by atoms with Crippen molar-refractivity contribution in [3.63, 3.8) is 0 Å². The Balaban J connectivity index is 2.73. The number of aliphatic hydroxyl groups is 3. The number of hydrogen-bond donors (Lipinski definition) is 5. The zero-order valence-electron chi connectivity index (χ0n) is 14.5. The van der Waals surface area contributed by atoms with E-state index in [2.05, 4.69) is 20.9 Å². The van der Waals surface area contributed by atoms with Gasteiger partial charge in [-0.25, -0.2) is 4.79 Å². The average molecular weight is 427 g/mol. The number of aliphatic hydroxyl groups excluding tert-OH is 3. The second kappa shape index (κ2) is 9.29. The van der Waals surface area contributed by atoms with Crippen molar-refractivity contribution in [3.05, 3.63) is 44.7 Å². The molecule has 1 heterocycles. The van der Waals surface area contributed by atoms with Crippen molar-refractivity contribution in [3.8, 4) is 11.1 Å². The van der Waals surface area contributed by atoms with Crippen LogP contribution >= 0.6 is 15.9 Å². The first-order valence-electron chi connectivity index (χ1n) is 8.27. The van der Waals surface area contributed by atoms with Gasteiger partial charge in [-0.05, 0) is 51.7 Å². The number of hydrogen-bond acceptors (Lipinski definition) is 6. The fourth-order valence-electron chi connectivity index (χ4n) is 2.98. The summed E-state index contributed by atoms with van der Waals surface area (Å²) >= 11 is 3.46. The van der Waals surface area contributed by atoms with Crippen LogP contribution in [0.3, 0.4) is 0 Å². The van der Waals surface area contributed by atoms with Gasteiger partial charge in [-0.15, -0.1) is 0 Å². The van der Waals surface area contributed by atoms with Gasteiger partial charge in [0.05, 0.1) is 30.9 Å². The topological polar surface area (TPSA) is 129 Å². The lowest BCUT2D eigenvalue weighted by atomic mass is 9.92. The molecule has 0 aliphatic rings. The highest BCUT2D eigenvalue weighted by Crippen LogP contribution is 2.39. The average Bonchev–Trinajstić information content (AvgIpc) is 2.96. The fourth-order valence-corrected chi connectivity index (χ4v) is 3.70. The zero-order chi connectivity index (χ0) is 19.3. The molecule has 0 aliphatic carbocycles. The molecule has 0 aliphatic heterocycles. The molecule has 2 aromatic rings. The highest BCUT2D eigenvalue weighted by atomic mass is 79.9. The minimum absolute atomic E-state index is 0.244. The van der Waals surface area contributed by atoms with Crippen LogP contribution in [-0.4, -0.2) is 39.4 Å². The number of carbonyl (C=O) groups excluding carboxylic acids is 1. The molecule has 0 spiro atoms. The predicted octanol–water partition coefficient (Wildman–Crippen LogP) is 1.60. The van der Waals surface area contributed by atoms with E-state index in [0.29, 0.717) is 45.3 Å². The molecule has 0 saturated carbocycles. The van der Waals surface area contributed by atoms with Gasteiger partial charge < -0.3 is 30.8 Å². The summed E-state index contributed by atoms with van der Waals surface area (Å²) in [5.41, 5.74) is 9.52. The van der Waals surface area contributed by atoms with Gasteiger partial charge in [0.15, 0.2) is 0 Å². The molecule has 2 rings (SSSR count). The maximum Gasteiger partial charge on any atom is 0.355 e. The van der Waals surface area contributed by atoms with Crippen molar-refractivity contribution in [2.45, 2.75) is 33.2 Å². The van der Waals surface area contributed by atoms with Crippen LogP contribution in [0.4, 0.5) is 0 Å². The fraction of sp³-hybridized carbons (Fsp3) is 0.389. The number of benzene rings is 1. The highest BCUT2D eigenvalue weighted by molar-refractivity contribution is 9.10. The SMILES string of the molecule is CCOC(=O)c1[nH]c(CCN)c(-c2ccc(CO)c(CO)c2CO)c1Br. The summed E-state index contributed by atoms with van der Waals surface area (Å²) in [5, 5.41) is 29.1. The van der Waals surface area contributed by atoms with Gasteiger partial charge in [0.1, 0.15) is 5.69 Å². The minimum atomic E-state index is -0.496. The van der Waals surface area contributed by atoms with Crippen LogP contribution in [-0.2, 0) is 31.0 Å². The molecule has 0 amide bonds. The number of esters is 1. The molecule has 7 nitrogen and oxygen atoms in total. The van der Waals surface area contributed by atoms with Crippen molar-refractivity contribution in [1.82, 2.24) is 4.98 Å². The van der Waals surface area contributed by atoms with E-state index in [1.807, 2.05) is 0 Å². The molecule has 8 heteroatoms. The van der Waals surface area contributed by atoms with Crippen LogP contribution in [0.5, 0.6) is 0 Å². The monoisotopic (exact) mass is 426 g/mol. The van der Waals surface area contributed by atoms with Crippen LogP contribution in [0.2, 0.25) is 0 Å². The Morgan fingerprint density at radius 1 is 1.19 bits per heavy atom. The van der Waals surface area contributed by atoms with E-state index in [9.17, 15) is 20.1 Å². The van der Waals surface area contributed by atoms with Crippen molar-refractivity contribution >= 4 is 21.9 Å². The number of H-pyrrole nitrogens is 1. The van der Waals surface area contributed by atoms with E-state index < -0.39 is 5.97 Å². The summed E-state index contributed by atoms with van der Waals surface area (Å²) < 4.78 is 5.58. The van der Waals surface area contributed by atoms with Crippen LogP contribution in [0.1, 0.15) is 39.8 Å². The van der Waals surface area contributed by atoms with Crippen molar-refractivity contribution in [1.29, 1.82) is 0 Å². The van der Waals surface area contributed by atoms with E-state index in [1.165, 1.54) is 0 Å². The summed E-state index contributed by atoms with van der Waals surface area (Å²) in [7, 11) is 0. The van der Waals surface area contributed by atoms with Gasteiger partial charge in [0.25, 0.3) is 0 Å². The lowest BCUT2D eigenvalue weighted by Gasteiger charge is -2.16. The molecule has 0 radical (unpaired) electrons. The predicted molar refractivity (Wildman–Crippen MR) is 100 cm³/mol. The summed E-state index contributed by atoms with van der Waals surface area (Å²) in [5.74, 6) is -0.496. The number of carbonyl (C=O) groups is 1. The number of nitrogens with one attached hydrogen (secondary N) is 1. The third kappa shape index (κ3) is 3.84. The lowest BCUT2D eigenvalue weighted by molar-refractivity contribution is 0.0519. The first-order valence-corrected chi connectivity index (χ1v) is 9.07. The van der Waals surface area contributed by atoms with Crippen molar-refractivity contribution in [2.24, 2.45) is 5.73 Å². The van der Waals surface area contributed by atoms with Crippen molar-refractivity contribution < 1.29 is 24.9 Å². The number of aromatic nitrogens is 1. The Morgan fingerprint density at radius 3 is 2.42 bits per heavy atom. The number of rotatable bonds is 8. The Morgan fingerprint density at radius 2 is 1.88 bits per heavy atom. The van der Waals surface area contributed by atoms with E-state index in [0.717, 1.165) is 5.69 Å². The molecular formula is C18H23BrN2O5. The third-order valence-electron chi connectivity index (χ3n) is 4.17. The van der Waals surface area contributed by atoms with Crippen molar-refractivity contribution in [2.75, 3.05) is 13.2 Å². The Kier molecular flexibility index (Phi) is 7.36. The first-order chi connectivity index (χ1) is 12.5. The minimum Gasteiger partial charge on any atom is -0.461 e. The van der Waals surface area contributed by atoms with E-state index in [1.54, 1.807) is 19.1 Å². The molecule has 6 N–H and O–H groups in total. The number of halogens is 1. The molecule has 0 bridgehead atoms. The lowest BCUT2D eigenvalue weighted by Crippen LogP contribution is -2.07. The smallest absolute Gasteiger partial charge is 0.355 e. The molecule has 0 fully saturated rings. The van der Waals surface area contributed by atoms with Crippen LogP contribution < -0.4 is 5.73 Å². The maximum absolute atomic E-state index is 12.2. The highest BCUT2D eigenvalue weighted by Gasteiger charge is 2.25. The Bertz CT molecular complexity index is 788. The Labute approximate surface area is 159 Å². The summed E-state index contributed by atoms with van der Waals surface area (Å²) in [6, 6.07) is 3.44. The zero-order valence-corrected chi connectivity index (χ0v) is 16.1. The number of nitrogens with two attached hydrogens (primary N) is 1. The van der Waals surface area contributed by atoms with Gasteiger partial charge in [-0.1, -0.05) is 12.1 Å². The van der Waals surface area contributed by atoms with Crippen LogP contribution in [0.15, 0.2) is 16.6 Å².